The Bertz CT molecular complexity index is 965. The fraction of sp³-hybridized carbons (Fsp3) is 0.474. The molecule has 2 aliphatic rings. The van der Waals surface area contributed by atoms with Gasteiger partial charge >= 0.3 is 0 Å². The molecule has 0 spiro atoms. The minimum Gasteiger partial charge on any atom is -0.337 e. The molecular weight excluding hydrogens is 376 g/mol. The molecule has 2 saturated heterocycles. The van der Waals surface area contributed by atoms with Gasteiger partial charge in [-0.15, -0.1) is 11.3 Å². The van der Waals surface area contributed by atoms with Gasteiger partial charge in [0.1, 0.15) is 0 Å². The Morgan fingerprint density at radius 3 is 3.00 bits per heavy atom. The van der Waals surface area contributed by atoms with Gasteiger partial charge in [-0.3, -0.25) is 18.7 Å². The van der Waals surface area contributed by atoms with Crippen molar-refractivity contribution in [2.24, 2.45) is 0 Å². The van der Waals surface area contributed by atoms with E-state index in [4.69, 9.17) is 0 Å². The second-order valence-electron chi connectivity index (χ2n) is 7.43. The predicted molar refractivity (Wildman–Crippen MR) is 104 cm³/mol. The van der Waals surface area contributed by atoms with Gasteiger partial charge in [-0.05, 0) is 18.9 Å². The SMILES string of the molecule is O=C1C[C@H]2[C@H](CCN2C(=O)Cc2cn3ccsc3n2)N1CCCn1cccn1. The zero-order chi connectivity index (χ0) is 19.1. The van der Waals surface area contributed by atoms with Crippen molar-refractivity contribution >= 4 is 28.1 Å². The van der Waals surface area contributed by atoms with Crippen LogP contribution in [-0.4, -0.2) is 66.0 Å². The van der Waals surface area contributed by atoms with E-state index in [9.17, 15) is 9.59 Å². The van der Waals surface area contributed by atoms with Crippen LogP contribution in [0.3, 0.4) is 0 Å². The zero-order valence-corrected chi connectivity index (χ0v) is 16.3. The van der Waals surface area contributed by atoms with E-state index >= 15 is 0 Å². The summed E-state index contributed by atoms with van der Waals surface area (Å²) in [5, 5.41) is 6.18. The highest BCUT2D eigenvalue weighted by Gasteiger charge is 2.47. The van der Waals surface area contributed by atoms with E-state index in [0.717, 1.165) is 43.1 Å². The Kier molecular flexibility index (Phi) is 4.38. The van der Waals surface area contributed by atoms with Crippen molar-refractivity contribution in [2.45, 2.75) is 44.3 Å². The normalized spacial score (nSPS) is 21.8. The maximum atomic E-state index is 12.9. The molecule has 146 valence electrons. The van der Waals surface area contributed by atoms with E-state index in [0.29, 0.717) is 12.8 Å². The fourth-order valence-electron chi connectivity index (χ4n) is 4.48. The summed E-state index contributed by atoms with van der Waals surface area (Å²) in [4.78, 5) is 34.7. The molecule has 2 aliphatic heterocycles. The third kappa shape index (κ3) is 3.09. The number of carbonyl (C=O) groups is 2. The van der Waals surface area contributed by atoms with Crippen molar-refractivity contribution in [2.75, 3.05) is 13.1 Å². The molecule has 0 unspecified atom stereocenters. The van der Waals surface area contributed by atoms with Crippen LogP contribution in [0.1, 0.15) is 25.0 Å². The van der Waals surface area contributed by atoms with Gasteiger partial charge in [0.2, 0.25) is 11.8 Å². The standard InChI is InChI=1S/C19H22N6O2S/c26-17(11-14-13-22-9-10-28-19(22)21-14)25-8-3-15-16(25)12-18(27)24(15)7-2-6-23-5-1-4-20-23/h1,4-5,9-10,13,15-16H,2-3,6-8,11-12H2/t15-,16-/m0/s1. The van der Waals surface area contributed by atoms with Gasteiger partial charge in [-0.1, -0.05) is 0 Å². The number of likely N-dealkylation sites (tertiary alicyclic amines) is 2. The second-order valence-corrected chi connectivity index (χ2v) is 8.30. The molecular formula is C19H22N6O2S. The molecule has 0 aliphatic carbocycles. The highest BCUT2D eigenvalue weighted by atomic mass is 32.1. The Morgan fingerprint density at radius 2 is 2.18 bits per heavy atom. The largest absolute Gasteiger partial charge is 0.337 e. The lowest BCUT2D eigenvalue weighted by molar-refractivity contribution is -0.131. The lowest BCUT2D eigenvalue weighted by atomic mass is 10.1. The number of aryl methyl sites for hydroxylation is 1. The number of hydrogen-bond donors (Lipinski definition) is 0. The molecule has 5 heterocycles. The van der Waals surface area contributed by atoms with Crippen LogP contribution in [0.5, 0.6) is 0 Å². The number of carbonyl (C=O) groups excluding carboxylic acids is 2. The van der Waals surface area contributed by atoms with Crippen molar-refractivity contribution in [1.82, 2.24) is 29.0 Å². The number of thiazole rings is 1. The molecule has 0 saturated carbocycles. The van der Waals surface area contributed by atoms with Crippen LogP contribution in [-0.2, 0) is 22.6 Å². The molecule has 0 aromatic carbocycles. The first-order valence-electron chi connectivity index (χ1n) is 9.66. The number of rotatable bonds is 6. The molecule has 2 amide bonds. The van der Waals surface area contributed by atoms with Crippen molar-refractivity contribution in [3.8, 4) is 0 Å². The van der Waals surface area contributed by atoms with Gasteiger partial charge in [0.25, 0.3) is 0 Å². The predicted octanol–water partition coefficient (Wildman–Crippen LogP) is 1.43. The molecule has 3 aromatic rings. The number of nitrogens with zero attached hydrogens (tertiary/aromatic N) is 6. The number of aromatic nitrogens is 4. The molecule has 28 heavy (non-hydrogen) atoms. The Morgan fingerprint density at radius 1 is 1.25 bits per heavy atom. The van der Waals surface area contributed by atoms with Crippen LogP contribution in [0.4, 0.5) is 0 Å². The first-order chi connectivity index (χ1) is 13.7. The number of amides is 2. The first kappa shape index (κ1) is 17.4. The Balaban J connectivity index is 1.20. The monoisotopic (exact) mass is 398 g/mol. The lowest BCUT2D eigenvalue weighted by Crippen LogP contribution is -2.40. The van der Waals surface area contributed by atoms with E-state index in [1.54, 1.807) is 17.5 Å². The van der Waals surface area contributed by atoms with E-state index < -0.39 is 0 Å². The fourth-order valence-corrected chi connectivity index (χ4v) is 5.20. The maximum Gasteiger partial charge on any atom is 0.228 e. The molecule has 5 rings (SSSR count). The number of hydrogen-bond acceptors (Lipinski definition) is 5. The summed E-state index contributed by atoms with van der Waals surface area (Å²) in [6.45, 7) is 2.24. The summed E-state index contributed by atoms with van der Waals surface area (Å²) in [6.07, 6.45) is 10.0. The van der Waals surface area contributed by atoms with E-state index in [1.807, 2.05) is 48.9 Å². The highest BCUT2D eigenvalue weighted by molar-refractivity contribution is 7.15. The number of fused-ring (bicyclic) bond motifs is 2. The number of imidazole rings is 1. The molecule has 0 N–H and O–H groups in total. The van der Waals surface area contributed by atoms with E-state index in [-0.39, 0.29) is 23.9 Å². The molecule has 0 bridgehead atoms. The van der Waals surface area contributed by atoms with Gasteiger partial charge in [-0.25, -0.2) is 4.98 Å². The molecule has 0 radical (unpaired) electrons. The average Bonchev–Trinajstić information content (AvgIpc) is 3.43. The lowest BCUT2D eigenvalue weighted by Gasteiger charge is -2.25. The van der Waals surface area contributed by atoms with Crippen LogP contribution >= 0.6 is 11.3 Å². The van der Waals surface area contributed by atoms with Crippen LogP contribution in [0.15, 0.2) is 36.2 Å². The van der Waals surface area contributed by atoms with Gasteiger partial charge < -0.3 is 9.80 Å². The molecule has 2 fully saturated rings. The van der Waals surface area contributed by atoms with Crippen molar-refractivity contribution in [3.63, 3.8) is 0 Å². The molecule has 9 heteroatoms. The van der Waals surface area contributed by atoms with Crippen LogP contribution < -0.4 is 0 Å². The molecule has 3 aromatic heterocycles. The third-order valence-electron chi connectivity index (χ3n) is 5.76. The topological polar surface area (TPSA) is 75.7 Å². The Hall–Kier alpha value is -2.68. The van der Waals surface area contributed by atoms with Crippen molar-refractivity contribution in [1.29, 1.82) is 0 Å². The molecule has 2 atom stereocenters. The van der Waals surface area contributed by atoms with Gasteiger partial charge in [-0.2, -0.15) is 5.10 Å². The van der Waals surface area contributed by atoms with Crippen molar-refractivity contribution in [3.05, 3.63) is 41.9 Å². The van der Waals surface area contributed by atoms with Crippen LogP contribution in [0, 0.1) is 0 Å². The second kappa shape index (κ2) is 7.05. The van der Waals surface area contributed by atoms with E-state index in [2.05, 4.69) is 10.1 Å². The van der Waals surface area contributed by atoms with Crippen molar-refractivity contribution < 1.29 is 9.59 Å². The van der Waals surface area contributed by atoms with Crippen LogP contribution in [0.2, 0.25) is 0 Å². The summed E-state index contributed by atoms with van der Waals surface area (Å²) < 4.78 is 3.83. The van der Waals surface area contributed by atoms with Gasteiger partial charge in [0.05, 0.1) is 24.2 Å². The third-order valence-corrected chi connectivity index (χ3v) is 6.53. The van der Waals surface area contributed by atoms with E-state index in [1.165, 1.54) is 0 Å². The summed E-state index contributed by atoms with van der Waals surface area (Å²) in [6, 6.07) is 2.06. The first-order valence-corrected chi connectivity index (χ1v) is 10.5. The van der Waals surface area contributed by atoms with Gasteiger partial charge in [0, 0.05) is 56.2 Å². The minimum atomic E-state index is 0.00781. The Labute approximate surface area is 166 Å². The van der Waals surface area contributed by atoms with Crippen LogP contribution in [0.25, 0.3) is 4.96 Å². The summed E-state index contributed by atoms with van der Waals surface area (Å²) in [5.74, 6) is 0.236. The highest BCUT2D eigenvalue weighted by Crippen LogP contribution is 2.33. The van der Waals surface area contributed by atoms with Gasteiger partial charge in [0.15, 0.2) is 4.96 Å². The zero-order valence-electron chi connectivity index (χ0n) is 15.5. The summed E-state index contributed by atoms with van der Waals surface area (Å²) >= 11 is 1.56. The molecule has 8 nitrogen and oxygen atoms in total. The smallest absolute Gasteiger partial charge is 0.228 e. The quantitative estimate of drug-likeness (QED) is 0.629. The average molecular weight is 398 g/mol. The summed E-state index contributed by atoms with van der Waals surface area (Å²) in [5.41, 5.74) is 0.792. The maximum absolute atomic E-state index is 12.9. The summed E-state index contributed by atoms with van der Waals surface area (Å²) in [7, 11) is 0. The minimum absolute atomic E-state index is 0.00781.